The van der Waals surface area contributed by atoms with Gasteiger partial charge in [0.25, 0.3) is 0 Å². The summed E-state index contributed by atoms with van der Waals surface area (Å²) >= 11 is 0. The molecule has 3 heteroatoms. The van der Waals surface area contributed by atoms with Crippen LogP contribution in [0.2, 0.25) is 0 Å². The van der Waals surface area contributed by atoms with Gasteiger partial charge in [-0.1, -0.05) is 23.8 Å². The van der Waals surface area contributed by atoms with Crippen molar-refractivity contribution in [3.05, 3.63) is 34.9 Å². The first kappa shape index (κ1) is 13.1. The first-order valence-electron chi connectivity index (χ1n) is 6.71. The number of hydrogen-bond acceptors (Lipinski definition) is 2. The Hall–Kier alpha value is -1.35. The van der Waals surface area contributed by atoms with Crippen molar-refractivity contribution in [2.45, 2.75) is 45.7 Å². The highest BCUT2D eigenvalue weighted by molar-refractivity contribution is 5.76. The summed E-state index contributed by atoms with van der Waals surface area (Å²) < 4.78 is 0. The normalized spacial score (nSPS) is 18.9. The van der Waals surface area contributed by atoms with E-state index < -0.39 is 0 Å². The van der Waals surface area contributed by atoms with E-state index in [1.165, 1.54) is 23.1 Å². The van der Waals surface area contributed by atoms with Gasteiger partial charge >= 0.3 is 0 Å². The second kappa shape index (κ2) is 6.01. The molecular formula is C15H22N2O. The molecule has 1 amide bonds. The number of carbonyl (C=O) groups is 1. The van der Waals surface area contributed by atoms with Crippen molar-refractivity contribution in [2.75, 3.05) is 6.54 Å². The second-order valence-corrected chi connectivity index (χ2v) is 5.20. The largest absolute Gasteiger partial charge is 0.352 e. The quantitative estimate of drug-likeness (QED) is 0.854. The van der Waals surface area contributed by atoms with E-state index in [-0.39, 0.29) is 5.91 Å². The molecule has 1 unspecified atom stereocenters. The van der Waals surface area contributed by atoms with E-state index in [0.717, 1.165) is 13.0 Å². The molecule has 2 N–H and O–H groups in total. The third kappa shape index (κ3) is 3.57. The number of carbonyl (C=O) groups excluding carboxylic acids is 1. The van der Waals surface area contributed by atoms with E-state index in [9.17, 15) is 4.79 Å². The lowest BCUT2D eigenvalue weighted by Crippen LogP contribution is -2.31. The average Bonchev–Trinajstić information content (AvgIpc) is 2.83. The molecule has 0 saturated carbocycles. The van der Waals surface area contributed by atoms with Crippen LogP contribution in [0.15, 0.2) is 18.2 Å². The third-order valence-corrected chi connectivity index (χ3v) is 3.57. The smallest absolute Gasteiger partial charge is 0.221 e. The molecule has 0 radical (unpaired) electrons. The Kier molecular flexibility index (Phi) is 4.37. The number of aryl methyl sites for hydroxylation is 2. The van der Waals surface area contributed by atoms with Crippen molar-refractivity contribution in [1.29, 1.82) is 0 Å². The maximum atomic E-state index is 11.8. The lowest BCUT2D eigenvalue weighted by molar-refractivity contribution is -0.121. The van der Waals surface area contributed by atoms with E-state index >= 15 is 0 Å². The van der Waals surface area contributed by atoms with Gasteiger partial charge in [0.15, 0.2) is 0 Å². The van der Waals surface area contributed by atoms with Crippen LogP contribution in [0.25, 0.3) is 0 Å². The summed E-state index contributed by atoms with van der Waals surface area (Å²) in [6, 6.07) is 6.73. The Morgan fingerprint density at radius 3 is 3.00 bits per heavy atom. The molecule has 18 heavy (non-hydrogen) atoms. The van der Waals surface area contributed by atoms with Gasteiger partial charge in [0.05, 0.1) is 0 Å². The van der Waals surface area contributed by atoms with Gasteiger partial charge in [0.1, 0.15) is 0 Å². The number of hydrogen-bond donors (Lipinski definition) is 2. The number of nitrogens with one attached hydrogen (secondary N) is 2. The monoisotopic (exact) mass is 246 g/mol. The highest BCUT2D eigenvalue weighted by atomic mass is 16.1. The van der Waals surface area contributed by atoms with E-state index in [4.69, 9.17) is 0 Å². The summed E-state index contributed by atoms with van der Waals surface area (Å²) in [6.07, 6.45) is 2.91. The van der Waals surface area contributed by atoms with Gasteiger partial charge in [-0.3, -0.25) is 4.79 Å². The van der Waals surface area contributed by atoms with Crippen molar-refractivity contribution in [3.8, 4) is 0 Å². The molecule has 3 nitrogen and oxygen atoms in total. The number of rotatable bonds is 4. The van der Waals surface area contributed by atoms with E-state index in [1.807, 2.05) is 0 Å². The maximum Gasteiger partial charge on any atom is 0.221 e. The van der Waals surface area contributed by atoms with Crippen molar-refractivity contribution in [3.63, 3.8) is 0 Å². The van der Waals surface area contributed by atoms with Crippen molar-refractivity contribution >= 4 is 5.91 Å². The zero-order valence-electron chi connectivity index (χ0n) is 11.3. The molecule has 1 fully saturated rings. The number of amides is 1. The van der Waals surface area contributed by atoms with Crippen LogP contribution < -0.4 is 10.6 Å². The SMILES string of the molecule is Cc1ccc(C)c(CNC(=O)CC2CCCN2)c1. The lowest BCUT2D eigenvalue weighted by atomic mass is 10.1. The van der Waals surface area contributed by atoms with Gasteiger partial charge in [-0.25, -0.2) is 0 Å². The molecule has 1 heterocycles. The lowest BCUT2D eigenvalue weighted by Gasteiger charge is -2.12. The van der Waals surface area contributed by atoms with Crippen LogP contribution in [0, 0.1) is 13.8 Å². The molecule has 1 atom stereocenters. The molecule has 1 aromatic carbocycles. The van der Waals surface area contributed by atoms with Crippen LogP contribution in [-0.4, -0.2) is 18.5 Å². The first-order chi connectivity index (χ1) is 8.65. The van der Waals surface area contributed by atoms with Gasteiger partial charge in [-0.2, -0.15) is 0 Å². The zero-order chi connectivity index (χ0) is 13.0. The Bertz CT molecular complexity index is 423. The van der Waals surface area contributed by atoms with Crippen LogP contribution in [0.5, 0.6) is 0 Å². The maximum absolute atomic E-state index is 11.8. The molecule has 1 saturated heterocycles. The highest BCUT2D eigenvalue weighted by Gasteiger charge is 2.17. The predicted molar refractivity (Wildman–Crippen MR) is 73.4 cm³/mol. The Morgan fingerprint density at radius 1 is 1.44 bits per heavy atom. The van der Waals surface area contributed by atoms with Gasteiger partial charge in [-0.05, 0) is 44.4 Å². The minimum Gasteiger partial charge on any atom is -0.352 e. The molecule has 1 aromatic rings. The summed E-state index contributed by atoms with van der Waals surface area (Å²) in [4.78, 5) is 11.8. The molecule has 98 valence electrons. The van der Waals surface area contributed by atoms with Gasteiger partial charge < -0.3 is 10.6 Å². The average molecular weight is 246 g/mol. The summed E-state index contributed by atoms with van der Waals surface area (Å²) in [5.41, 5.74) is 3.69. The van der Waals surface area contributed by atoms with Gasteiger partial charge in [0, 0.05) is 19.0 Å². The molecule has 0 spiro atoms. The summed E-state index contributed by atoms with van der Waals surface area (Å²) in [6.45, 7) is 5.85. The molecular weight excluding hydrogens is 224 g/mol. The topological polar surface area (TPSA) is 41.1 Å². The van der Waals surface area contributed by atoms with E-state index in [1.54, 1.807) is 0 Å². The zero-order valence-corrected chi connectivity index (χ0v) is 11.3. The van der Waals surface area contributed by atoms with Gasteiger partial charge in [-0.15, -0.1) is 0 Å². The van der Waals surface area contributed by atoms with Crippen LogP contribution in [0.1, 0.15) is 36.0 Å². The summed E-state index contributed by atoms with van der Waals surface area (Å²) in [5, 5.41) is 6.36. The molecule has 2 rings (SSSR count). The van der Waals surface area contributed by atoms with E-state index in [0.29, 0.717) is 19.0 Å². The summed E-state index contributed by atoms with van der Waals surface area (Å²) in [7, 11) is 0. The minimum absolute atomic E-state index is 0.148. The molecule has 0 aromatic heterocycles. The first-order valence-corrected chi connectivity index (χ1v) is 6.71. The predicted octanol–water partition coefficient (Wildman–Crippen LogP) is 2.06. The Labute approximate surface area is 109 Å². The Morgan fingerprint density at radius 2 is 2.28 bits per heavy atom. The molecule has 1 aliphatic heterocycles. The van der Waals surface area contributed by atoms with E-state index in [2.05, 4.69) is 42.7 Å². The fourth-order valence-electron chi connectivity index (χ4n) is 2.41. The van der Waals surface area contributed by atoms with Crippen LogP contribution >= 0.6 is 0 Å². The van der Waals surface area contributed by atoms with Gasteiger partial charge in [0.2, 0.25) is 5.91 Å². The van der Waals surface area contributed by atoms with Crippen LogP contribution in [-0.2, 0) is 11.3 Å². The second-order valence-electron chi connectivity index (χ2n) is 5.20. The van der Waals surface area contributed by atoms with Crippen molar-refractivity contribution < 1.29 is 4.79 Å². The van der Waals surface area contributed by atoms with Crippen LogP contribution in [0.4, 0.5) is 0 Å². The fraction of sp³-hybridized carbons (Fsp3) is 0.533. The summed E-state index contributed by atoms with van der Waals surface area (Å²) in [5.74, 6) is 0.148. The van der Waals surface area contributed by atoms with Crippen molar-refractivity contribution in [2.24, 2.45) is 0 Å². The molecule has 1 aliphatic rings. The molecule has 0 aliphatic carbocycles. The standard InChI is InChI=1S/C15H22N2O/c1-11-5-6-12(2)13(8-11)10-17-15(18)9-14-4-3-7-16-14/h5-6,8,14,16H,3-4,7,9-10H2,1-2H3,(H,17,18). The fourth-order valence-corrected chi connectivity index (χ4v) is 2.41. The van der Waals surface area contributed by atoms with Crippen LogP contribution in [0.3, 0.4) is 0 Å². The van der Waals surface area contributed by atoms with Crippen molar-refractivity contribution in [1.82, 2.24) is 10.6 Å². The Balaban J connectivity index is 1.83. The number of benzene rings is 1. The third-order valence-electron chi connectivity index (χ3n) is 3.57. The highest BCUT2D eigenvalue weighted by Crippen LogP contribution is 2.11. The molecule has 0 bridgehead atoms. The minimum atomic E-state index is 0.148.